The molecule has 0 radical (unpaired) electrons. The molecule has 5 heteroatoms. The molecule has 0 saturated carbocycles. The molecule has 7 aromatic rings. The van der Waals surface area contributed by atoms with Crippen LogP contribution in [-0.4, -0.2) is 14.0 Å². The lowest BCUT2D eigenvalue weighted by Gasteiger charge is -2.12. The average Bonchev–Trinajstić information content (AvgIpc) is 3.38. The number of benzene rings is 4. The Bertz CT molecular complexity index is 1860. The first-order chi connectivity index (χ1) is 15.3. The molecule has 0 atom stereocenters. The molecule has 0 N–H and O–H groups in total. The summed E-state index contributed by atoms with van der Waals surface area (Å²) < 4.78 is 6.18. The van der Waals surface area contributed by atoms with Crippen LogP contribution in [0.15, 0.2) is 95.8 Å². The molecule has 0 aliphatic heterocycles. The van der Waals surface area contributed by atoms with Crippen molar-refractivity contribution in [2.24, 2.45) is 0 Å². The Morgan fingerprint density at radius 2 is 1.45 bits per heavy atom. The van der Waals surface area contributed by atoms with Gasteiger partial charge in [-0.15, -0.1) is 11.3 Å². The average molecular weight is 417 g/mol. The highest BCUT2D eigenvalue weighted by atomic mass is 32.1. The van der Waals surface area contributed by atoms with Crippen molar-refractivity contribution in [3.63, 3.8) is 0 Å². The zero-order chi connectivity index (χ0) is 20.5. The predicted octanol–water partition coefficient (Wildman–Crippen LogP) is 6.16. The number of fused-ring (bicyclic) bond motifs is 8. The second-order valence-electron chi connectivity index (χ2n) is 7.65. The number of hydrogen-bond donors (Lipinski definition) is 0. The molecule has 0 saturated heterocycles. The molecule has 0 amide bonds. The lowest BCUT2D eigenvalue weighted by atomic mass is 10.1. The zero-order valence-electron chi connectivity index (χ0n) is 16.3. The number of thiophene rings is 1. The molecule has 31 heavy (non-hydrogen) atoms. The highest BCUT2D eigenvalue weighted by Gasteiger charge is 2.19. The third kappa shape index (κ3) is 2.18. The summed E-state index contributed by atoms with van der Waals surface area (Å²) in [6.07, 6.45) is 0. The van der Waals surface area contributed by atoms with E-state index in [0.717, 1.165) is 32.3 Å². The Balaban J connectivity index is 1.79. The Kier molecular flexibility index (Phi) is 3.27. The third-order valence-electron chi connectivity index (χ3n) is 5.94. The van der Waals surface area contributed by atoms with Gasteiger partial charge in [0.1, 0.15) is 0 Å². The molecule has 0 fully saturated rings. The van der Waals surface area contributed by atoms with Crippen LogP contribution in [0, 0.1) is 0 Å². The Morgan fingerprint density at radius 1 is 0.710 bits per heavy atom. The van der Waals surface area contributed by atoms with E-state index in [1.807, 2.05) is 60.7 Å². The Labute approximate surface area is 180 Å². The molecule has 146 valence electrons. The van der Waals surface area contributed by atoms with E-state index in [1.165, 1.54) is 10.1 Å². The third-order valence-corrected chi connectivity index (χ3v) is 7.13. The normalized spacial score (nSPS) is 12.0. The van der Waals surface area contributed by atoms with Gasteiger partial charge >= 0.3 is 0 Å². The molecule has 0 aliphatic rings. The van der Waals surface area contributed by atoms with Gasteiger partial charge in [-0.3, -0.25) is 9.36 Å². The van der Waals surface area contributed by atoms with E-state index in [2.05, 4.69) is 34.9 Å². The standard InChI is InChI=1S/C26H15N3OS/c30-25-19-11-4-6-12-21(19)28(16-8-2-1-3-9-16)26-27-20-15-14-18-17-10-5-7-13-22(17)31-24(18)23(20)29(25)26/h1-15H. The molecule has 3 aromatic heterocycles. The molecule has 7 rings (SSSR count). The first-order valence-corrected chi connectivity index (χ1v) is 10.9. The minimum Gasteiger partial charge on any atom is -0.279 e. The number of hydrogen-bond acceptors (Lipinski definition) is 3. The Morgan fingerprint density at radius 3 is 2.32 bits per heavy atom. The van der Waals surface area contributed by atoms with Gasteiger partial charge in [-0.25, -0.2) is 9.38 Å². The van der Waals surface area contributed by atoms with Crippen molar-refractivity contribution in [3.05, 3.63) is 101 Å². The maximum Gasteiger partial charge on any atom is 0.267 e. The van der Waals surface area contributed by atoms with Crippen molar-refractivity contribution < 1.29 is 0 Å². The van der Waals surface area contributed by atoms with Gasteiger partial charge < -0.3 is 0 Å². The molecule has 0 spiro atoms. The van der Waals surface area contributed by atoms with Gasteiger partial charge in [-0.2, -0.15) is 0 Å². The van der Waals surface area contributed by atoms with E-state index in [4.69, 9.17) is 4.98 Å². The fourth-order valence-corrected chi connectivity index (χ4v) is 5.81. The maximum absolute atomic E-state index is 13.7. The molecular weight excluding hydrogens is 402 g/mol. The van der Waals surface area contributed by atoms with Gasteiger partial charge in [0.05, 0.1) is 26.6 Å². The lowest BCUT2D eigenvalue weighted by molar-refractivity contribution is 1.02. The molecule has 3 heterocycles. The van der Waals surface area contributed by atoms with Crippen LogP contribution >= 0.6 is 11.3 Å². The van der Waals surface area contributed by atoms with Crippen LogP contribution in [0.1, 0.15) is 0 Å². The van der Waals surface area contributed by atoms with Crippen LogP contribution in [-0.2, 0) is 0 Å². The van der Waals surface area contributed by atoms with Crippen molar-refractivity contribution in [2.75, 3.05) is 0 Å². The fourth-order valence-electron chi connectivity index (χ4n) is 4.58. The smallest absolute Gasteiger partial charge is 0.267 e. The molecule has 0 bridgehead atoms. The van der Waals surface area contributed by atoms with Gasteiger partial charge in [0.25, 0.3) is 5.56 Å². The summed E-state index contributed by atoms with van der Waals surface area (Å²) in [6.45, 7) is 0. The molecular formula is C26H15N3OS. The summed E-state index contributed by atoms with van der Waals surface area (Å²) in [5.74, 6) is 0.634. The molecule has 4 aromatic carbocycles. The van der Waals surface area contributed by atoms with E-state index in [1.54, 1.807) is 15.7 Å². The van der Waals surface area contributed by atoms with Crippen molar-refractivity contribution in [1.29, 1.82) is 0 Å². The molecule has 0 aliphatic carbocycles. The van der Waals surface area contributed by atoms with Gasteiger partial charge in [-0.1, -0.05) is 54.6 Å². The number of rotatable bonds is 1. The van der Waals surface area contributed by atoms with E-state index >= 15 is 0 Å². The highest BCUT2D eigenvalue weighted by Crippen LogP contribution is 2.38. The van der Waals surface area contributed by atoms with Crippen molar-refractivity contribution >= 4 is 59.2 Å². The quantitative estimate of drug-likeness (QED) is 0.321. The van der Waals surface area contributed by atoms with Crippen LogP contribution in [0.3, 0.4) is 0 Å². The van der Waals surface area contributed by atoms with Crippen LogP contribution in [0.4, 0.5) is 0 Å². The zero-order valence-corrected chi connectivity index (χ0v) is 17.1. The fraction of sp³-hybridized carbons (Fsp3) is 0. The number of aromatic nitrogens is 3. The van der Waals surface area contributed by atoms with E-state index in [-0.39, 0.29) is 5.56 Å². The van der Waals surface area contributed by atoms with Gasteiger partial charge in [0.2, 0.25) is 5.78 Å². The summed E-state index contributed by atoms with van der Waals surface area (Å²) in [4.78, 5) is 18.7. The summed E-state index contributed by atoms with van der Waals surface area (Å²) in [6, 6.07) is 30.4. The van der Waals surface area contributed by atoms with E-state index in [9.17, 15) is 4.79 Å². The first kappa shape index (κ1) is 16.8. The van der Waals surface area contributed by atoms with E-state index < -0.39 is 0 Å². The highest BCUT2D eigenvalue weighted by molar-refractivity contribution is 7.26. The summed E-state index contributed by atoms with van der Waals surface area (Å²) >= 11 is 1.72. The largest absolute Gasteiger partial charge is 0.279 e. The maximum atomic E-state index is 13.7. The lowest BCUT2D eigenvalue weighted by Crippen LogP contribution is -2.18. The minimum absolute atomic E-state index is 0.0368. The number of para-hydroxylation sites is 2. The van der Waals surface area contributed by atoms with Crippen molar-refractivity contribution in [3.8, 4) is 5.69 Å². The van der Waals surface area contributed by atoms with Crippen LogP contribution in [0.25, 0.3) is 53.6 Å². The van der Waals surface area contributed by atoms with Crippen LogP contribution in [0.5, 0.6) is 0 Å². The molecule has 4 nitrogen and oxygen atoms in total. The summed E-state index contributed by atoms with van der Waals surface area (Å²) in [5, 5.41) is 3.05. The van der Waals surface area contributed by atoms with Gasteiger partial charge in [0.15, 0.2) is 0 Å². The number of nitrogens with zero attached hydrogens (tertiary/aromatic N) is 3. The van der Waals surface area contributed by atoms with Crippen molar-refractivity contribution in [1.82, 2.24) is 14.0 Å². The summed E-state index contributed by atoms with van der Waals surface area (Å²) in [7, 11) is 0. The minimum atomic E-state index is -0.0368. The van der Waals surface area contributed by atoms with Crippen molar-refractivity contribution in [2.45, 2.75) is 0 Å². The molecule has 0 unspecified atom stereocenters. The number of imidazole rings is 1. The predicted molar refractivity (Wildman–Crippen MR) is 129 cm³/mol. The second-order valence-corrected chi connectivity index (χ2v) is 8.70. The second kappa shape index (κ2) is 6.03. The van der Waals surface area contributed by atoms with Gasteiger partial charge in [0, 0.05) is 21.2 Å². The Hall–Kier alpha value is -3.96. The van der Waals surface area contributed by atoms with Crippen LogP contribution in [0.2, 0.25) is 0 Å². The monoisotopic (exact) mass is 417 g/mol. The van der Waals surface area contributed by atoms with Crippen LogP contribution < -0.4 is 5.56 Å². The first-order valence-electron chi connectivity index (χ1n) is 10.1. The van der Waals surface area contributed by atoms with Gasteiger partial charge in [-0.05, 0) is 36.4 Å². The topological polar surface area (TPSA) is 39.3 Å². The summed E-state index contributed by atoms with van der Waals surface area (Å²) in [5.41, 5.74) is 3.51. The van der Waals surface area contributed by atoms with E-state index in [0.29, 0.717) is 11.2 Å². The SMILES string of the molecule is O=c1c2ccccc2n(-c2ccccc2)c2nc3ccc4c5ccccc5sc4c3n12.